The summed E-state index contributed by atoms with van der Waals surface area (Å²) in [5.74, 6) is -0.0154. The first-order chi connectivity index (χ1) is 10.8. The molecule has 2 aliphatic carbocycles. The molecule has 0 radical (unpaired) electrons. The molecule has 0 unspecified atom stereocenters. The molecule has 0 saturated heterocycles. The van der Waals surface area contributed by atoms with Crippen LogP contribution in [0.1, 0.15) is 74.6 Å². The zero-order valence-electron chi connectivity index (χ0n) is 13.4. The van der Waals surface area contributed by atoms with E-state index in [0.29, 0.717) is 11.3 Å². The first-order valence-corrected chi connectivity index (χ1v) is 11.2. The molecule has 3 aliphatic rings. The van der Waals surface area contributed by atoms with Gasteiger partial charge in [0.1, 0.15) is 0 Å². The van der Waals surface area contributed by atoms with Gasteiger partial charge in [-0.05, 0) is 0 Å². The van der Waals surface area contributed by atoms with Crippen molar-refractivity contribution in [1.29, 1.82) is 0 Å². The van der Waals surface area contributed by atoms with Gasteiger partial charge in [-0.3, -0.25) is 0 Å². The number of hydrogen-bond donors (Lipinski definition) is 0. The Hall–Kier alpha value is -0.880. The van der Waals surface area contributed by atoms with E-state index in [4.69, 9.17) is 4.52 Å². The van der Waals surface area contributed by atoms with Crippen molar-refractivity contribution < 1.29 is 9.32 Å². The van der Waals surface area contributed by atoms with Crippen LogP contribution in [0.5, 0.6) is 0 Å². The van der Waals surface area contributed by atoms with E-state index in [0.717, 1.165) is 5.56 Å². The number of hydrogen-bond acceptors (Lipinski definition) is 2. The molecule has 1 heterocycles. The van der Waals surface area contributed by atoms with Gasteiger partial charge >= 0.3 is 133 Å². The van der Waals surface area contributed by atoms with Gasteiger partial charge in [-0.2, -0.15) is 0 Å². The van der Waals surface area contributed by atoms with E-state index in [2.05, 4.69) is 12.1 Å². The van der Waals surface area contributed by atoms with Crippen LogP contribution < -0.4 is 5.30 Å². The zero-order chi connectivity index (χ0) is 15.0. The summed E-state index contributed by atoms with van der Waals surface area (Å²) in [6.07, 6.45) is 13.2. The third-order valence-electron chi connectivity index (χ3n) is 6.25. The molecule has 3 heteroatoms. The minimum absolute atomic E-state index is 0.0154. The van der Waals surface area contributed by atoms with Crippen molar-refractivity contribution in [3.8, 4) is 0 Å². The van der Waals surface area contributed by atoms with Gasteiger partial charge in [0.15, 0.2) is 0 Å². The van der Waals surface area contributed by atoms with E-state index in [-0.39, 0.29) is 5.97 Å². The zero-order valence-corrected chi connectivity index (χ0v) is 14.4. The summed E-state index contributed by atoms with van der Waals surface area (Å²) < 4.78 is 6.40. The standard InChI is InChI=1S/C19H27O2P/c20-19-17-13-7-8-14-18(17)22(21-19,15-9-3-1-4-10-15)16-11-5-2-6-12-16/h7-8,13-16,22H,1-6,9-12H2. The predicted octanol–water partition coefficient (Wildman–Crippen LogP) is 4.81. The normalized spacial score (nSPS) is 27.2. The Kier molecular flexibility index (Phi) is 3.98. The van der Waals surface area contributed by atoms with Gasteiger partial charge in [-0.25, -0.2) is 0 Å². The van der Waals surface area contributed by atoms with Crippen LogP contribution in [0.3, 0.4) is 0 Å². The average Bonchev–Trinajstić information content (AvgIpc) is 2.91. The van der Waals surface area contributed by atoms with Crippen molar-refractivity contribution >= 4 is 18.8 Å². The third kappa shape index (κ3) is 2.22. The van der Waals surface area contributed by atoms with Crippen molar-refractivity contribution in [2.24, 2.45) is 0 Å². The molecule has 2 fully saturated rings. The van der Waals surface area contributed by atoms with Crippen LogP contribution >= 0.6 is 7.49 Å². The summed E-state index contributed by atoms with van der Waals surface area (Å²) in [7, 11) is -2.16. The fourth-order valence-electron chi connectivity index (χ4n) is 5.27. The number of carbonyl (C=O) groups is 1. The minimum atomic E-state index is -2.16. The molecule has 22 heavy (non-hydrogen) atoms. The maximum absolute atomic E-state index is 12.6. The molecule has 0 bridgehead atoms. The monoisotopic (exact) mass is 318 g/mol. The molecule has 0 amide bonds. The second-order valence-corrected chi connectivity index (χ2v) is 11.4. The summed E-state index contributed by atoms with van der Waals surface area (Å²) in [5.41, 5.74) is 2.22. The molecule has 1 aliphatic heterocycles. The Bertz CT molecular complexity index is 538. The van der Waals surface area contributed by atoms with E-state index in [1.165, 1.54) is 69.5 Å². The average molecular weight is 318 g/mol. The van der Waals surface area contributed by atoms with E-state index in [1.54, 1.807) is 0 Å². The molecule has 2 nitrogen and oxygen atoms in total. The van der Waals surface area contributed by atoms with Crippen LogP contribution in [0.4, 0.5) is 0 Å². The molecule has 0 spiro atoms. The van der Waals surface area contributed by atoms with Crippen molar-refractivity contribution in [2.45, 2.75) is 75.5 Å². The number of fused-ring (bicyclic) bond motifs is 1. The quantitative estimate of drug-likeness (QED) is 0.731. The summed E-state index contributed by atoms with van der Waals surface area (Å²) >= 11 is 0. The third-order valence-corrected chi connectivity index (χ3v) is 11.6. The topological polar surface area (TPSA) is 26.3 Å². The molecular formula is C19H27O2P. The van der Waals surface area contributed by atoms with E-state index >= 15 is 0 Å². The SMILES string of the molecule is O=C1O[PH](C2CCCCC2)(C2CCCCC2)c2ccccc21. The van der Waals surface area contributed by atoms with Crippen LogP contribution in [0.25, 0.3) is 0 Å². The van der Waals surface area contributed by atoms with Gasteiger partial charge < -0.3 is 0 Å². The van der Waals surface area contributed by atoms with Gasteiger partial charge in [0.2, 0.25) is 0 Å². The molecule has 0 atom stereocenters. The van der Waals surface area contributed by atoms with Gasteiger partial charge in [0, 0.05) is 0 Å². The summed E-state index contributed by atoms with van der Waals surface area (Å²) in [5, 5.41) is 1.35. The fourth-order valence-corrected chi connectivity index (χ4v) is 11.2. The summed E-state index contributed by atoms with van der Waals surface area (Å²) in [6, 6.07) is 8.34. The molecular weight excluding hydrogens is 291 g/mol. The van der Waals surface area contributed by atoms with Crippen molar-refractivity contribution in [1.82, 2.24) is 0 Å². The van der Waals surface area contributed by atoms with Crippen LogP contribution in [-0.4, -0.2) is 17.3 Å². The van der Waals surface area contributed by atoms with Crippen LogP contribution in [-0.2, 0) is 4.52 Å². The van der Waals surface area contributed by atoms with Crippen LogP contribution in [0.15, 0.2) is 24.3 Å². The fraction of sp³-hybridized carbons (Fsp3) is 0.632. The Morgan fingerprint density at radius 3 is 1.95 bits per heavy atom. The molecule has 4 rings (SSSR count). The van der Waals surface area contributed by atoms with Crippen LogP contribution in [0, 0.1) is 0 Å². The van der Waals surface area contributed by atoms with Crippen molar-refractivity contribution in [2.75, 3.05) is 0 Å². The first kappa shape index (κ1) is 14.7. The Morgan fingerprint density at radius 2 is 1.36 bits per heavy atom. The maximum atomic E-state index is 12.6. The van der Waals surface area contributed by atoms with E-state index < -0.39 is 7.49 Å². The number of rotatable bonds is 2. The molecule has 120 valence electrons. The molecule has 0 aromatic heterocycles. The van der Waals surface area contributed by atoms with Gasteiger partial charge in [0.25, 0.3) is 0 Å². The van der Waals surface area contributed by atoms with Crippen molar-refractivity contribution in [3.63, 3.8) is 0 Å². The second kappa shape index (κ2) is 5.96. The van der Waals surface area contributed by atoms with Gasteiger partial charge in [-0.15, -0.1) is 0 Å². The molecule has 0 N–H and O–H groups in total. The molecule has 2 saturated carbocycles. The Morgan fingerprint density at radius 1 is 0.818 bits per heavy atom. The summed E-state index contributed by atoms with van der Waals surface area (Å²) in [4.78, 5) is 12.6. The molecule has 1 aromatic rings. The predicted molar refractivity (Wildman–Crippen MR) is 93.6 cm³/mol. The van der Waals surface area contributed by atoms with Crippen molar-refractivity contribution in [3.05, 3.63) is 29.8 Å². The molecule has 1 aromatic carbocycles. The summed E-state index contributed by atoms with van der Waals surface area (Å²) in [6.45, 7) is 0. The van der Waals surface area contributed by atoms with Gasteiger partial charge in [-0.1, -0.05) is 0 Å². The van der Waals surface area contributed by atoms with Gasteiger partial charge in [0.05, 0.1) is 0 Å². The Labute approximate surface area is 134 Å². The van der Waals surface area contributed by atoms with Crippen LogP contribution in [0.2, 0.25) is 0 Å². The number of carbonyl (C=O) groups excluding carboxylic acids is 1. The van der Waals surface area contributed by atoms with E-state index in [9.17, 15) is 4.79 Å². The Balaban J connectivity index is 1.80. The first-order valence-electron chi connectivity index (χ1n) is 9.15. The number of benzene rings is 1. The second-order valence-electron chi connectivity index (χ2n) is 7.40. The van der Waals surface area contributed by atoms with E-state index in [1.807, 2.05) is 12.1 Å².